The third-order valence-electron chi connectivity index (χ3n) is 6.09. The maximum Gasteiger partial charge on any atom is 0.255 e. The highest BCUT2D eigenvalue weighted by atomic mass is 19.1. The SMILES string of the molecule is CC[C@@H]1[C@H](F)C(=O)N[C@@H]1CCOc1ncc(C#Cc2cnn(C)c2)c2cc(C(N)=O)c(OC)cc12. The number of amides is 2. The summed E-state index contributed by atoms with van der Waals surface area (Å²) >= 11 is 0. The van der Waals surface area contributed by atoms with E-state index in [4.69, 9.17) is 15.2 Å². The molecule has 182 valence electrons. The maximum atomic E-state index is 14.1. The molecule has 3 atom stereocenters. The molecule has 0 aliphatic carbocycles. The van der Waals surface area contributed by atoms with Crippen LogP contribution in [0.15, 0.2) is 30.7 Å². The van der Waals surface area contributed by atoms with Crippen LogP contribution in [0.1, 0.15) is 41.3 Å². The minimum Gasteiger partial charge on any atom is -0.496 e. The van der Waals surface area contributed by atoms with E-state index in [2.05, 4.69) is 27.2 Å². The van der Waals surface area contributed by atoms with Crippen LogP contribution in [0.2, 0.25) is 0 Å². The van der Waals surface area contributed by atoms with Crippen LogP contribution in [-0.4, -0.2) is 52.5 Å². The molecule has 10 heteroatoms. The Balaban J connectivity index is 1.67. The van der Waals surface area contributed by atoms with E-state index in [0.717, 1.165) is 5.56 Å². The molecular formula is C25H26FN5O4. The Morgan fingerprint density at radius 1 is 1.29 bits per heavy atom. The third-order valence-corrected chi connectivity index (χ3v) is 6.09. The minimum atomic E-state index is -1.50. The first-order valence-electron chi connectivity index (χ1n) is 11.2. The van der Waals surface area contributed by atoms with Crippen molar-refractivity contribution in [2.75, 3.05) is 13.7 Å². The zero-order valence-electron chi connectivity index (χ0n) is 19.7. The number of aryl methyl sites for hydroxylation is 1. The molecular weight excluding hydrogens is 453 g/mol. The fraction of sp³-hybridized carbons (Fsp3) is 0.360. The Bertz CT molecular complexity index is 1340. The summed E-state index contributed by atoms with van der Waals surface area (Å²) in [6, 6.07) is 2.93. The molecule has 3 N–H and O–H groups in total. The lowest BCUT2D eigenvalue weighted by atomic mass is 9.94. The van der Waals surface area contributed by atoms with Gasteiger partial charge >= 0.3 is 0 Å². The van der Waals surface area contributed by atoms with Gasteiger partial charge in [-0.05, 0) is 18.6 Å². The van der Waals surface area contributed by atoms with Gasteiger partial charge in [-0.1, -0.05) is 18.8 Å². The summed E-state index contributed by atoms with van der Waals surface area (Å²) in [5, 5.41) is 8.00. The first-order valence-corrected chi connectivity index (χ1v) is 11.2. The smallest absolute Gasteiger partial charge is 0.255 e. The highest BCUT2D eigenvalue weighted by molar-refractivity contribution is 6.03. The number of benzene rings is 1. The van der Waals surface area contributed by atoms with Crippen molar-refractivity contribution >= 4 is 22.6 Å². The second-order valence-electron chi connectivity index (χ2n) is 8.32. The van der Waals surface area contributed by atoms with Crippen molar-refractivity contribution < 1.29 is 23.5 Å². The third kappa shape index (κ3) is 4.89. The number of nitrogens with zero attached hydrogens (tertiary/aromatic N) is 3. The largest absolute Gasteiger partial charge is 0.496 e. The van der Waals surface area contributed by atoms with Gasteiger partial charge in [-0.3, -0.25) is 14.3 Å². The number of carbonyl (C=O) groups excluding carboxylic acids is 2. The Hall–Kier alpha value is -4.13. The van der Waals surface area contributed by atoms with Gasteiger partial charge in [0.15, 0.2) is 6.17 Å². The molecule has 2 aromatic heterocycles. The normalized spacial score (nSPS) is 19.2. The number of ether oxygens (including phenoxy) is 2. The van der Waals surface area contributed by atoms with Crippen molar-refractivity contribution in [1.82, 2.24) is 20.1 Å². The number of nitrogens with one attached hydrogen (secondary N) is 1. The number of hydrogen-bond donors (Lipinski definition) is 2. The monoisotopic (exact) mass is 479 g/mol. The average molecular weight is 480 g/mol. The summed E-state index contributed by atoms with van der Waals surface area (Å²) in [7, 11) is 3.24. The quantitative estimate of drug-likeness (QED) is 0.501. The zero-order chi connectivity index (χ0) is 25.1. The Morgan fingerprint density at radius 2 is 2.09 bits per heavy atom. The maximum absolute atomic E-state index is 14.1. The summed E-state index contributed by atoms with van der Waals surface area (Å²) in [5.74, 6) is 5.08. The molecule has 0 spiro atoms. The summed E-state index contributed by atoms with van der Waals surface area (Å²) in [6.45, 7) is 2.06. The first-order chi connectivity index (χ1) is 16.8. The minimum absolute atomic E-state index is 0.204. The number of pyridine rings is 1. The fourth-order valence-corrected chi connectivity index (χ4v) is 4.27. The van der Waals surface area contributed by atoms with Crippen molar-refractivity contribution in [1.29, 1.82) is 0 Å². The number of halogens is 1. The fourth-order valence-electron chi connectivity index (χ4n) is 4.27. The average Bonchev–Trinajstić information content (AvgIpc) is 3.38. The zero-order valence-corrected chi connectivity index (χ0v) is 19.7. The van der Waals surface area contributed by atoms with Gasteiger partial charge in [-0.2, -0.15) is 5.10 Å². The number of rotatable bonds is 7. The number of alkyl halides is 1. The Labute approximate surface area is 201 Å². The number of carbonyl (C=O) groups is 2. The van der Waals surface area contributed by atoms with E-state index in [0.29, 0.717) is 35.1 Å². The molecule has 35 heavy (non-hydrogen) atoms. The van der Waals surface area contributed by atoms with Gasteiger partial charge in [0.05, 0.1) is 36.6 Å². The highest BCUT2D eigenvalue weighted by Gasteiger charge is 2.41. The van der Waals surface area contributed by atoms with Gasteiger partial charge in [0.1, 0.15) is 5.75 Å². The predicted octanol–water partition coefficient (Wildman–Crippen LogP) is 2.11. The molecule has 1 saturated heterocycles. The molecule has 1 aromatic carbocycles. The first kappa shape index (κ1) is 24.0. The molecule has 4 rings (SSSR count). The number of primary amides is 1. The van der Waals surface area contributed by atoms with Gasteiger partial charge in [0.2, 0.25) is 5.88 Å². The lowest BCUT2D eigenvalue weighted by Crippen LogP contribution is -2.30. The molecule has 0 radical (unpaired) electrons. The molecule has 9 nitrogen and oxygen atoms in total. The molecule has 1 aliphatic heterocycles. The van der Waals surface area contributed by atoms with Gasteiger partial charge in [0.25, 0.3) is 11.8 Å². The molecule has 2 amide bonds. The Kier molecular flexibility index (Phi) is 6.87. The van der Waals surface area contributed by atoms with Crippen LogP contribution in [0.25, 0.3) is 10.8 Å². The van der Waals surface area contributed by atoms with Crippen molar-refractivity contribution in [3.05, 3.63) is 47.4 Å². The van der Waals surface area contributed by atoms with E-state index in [1.54, 1.807) is 42.5 Å². The lowest BCUT2D eigenvalue weighted by Gasteiger charge is -2.18. The van der Waals surface area contributed by atoms with E-state index in [1.165, 1.54) is 7.11 Å². The number of nitrogens with two attached hydrogens (primary N) is 1. The van der Waals surface area contributed by atoms with Gasteiger partial charge in [-0.25, -0.2) is 9.37 Å². The topological polar surface area (TPSA) is 121 Å². The standard InChI is InChI=1S/C25H26FN5O4/c1-4-16-20(30-24(33)22(16)26)7-8-35-25-18-10-21(34-3)19(23(27)32)9-17(18)15(12-28-25)6-5-14-11-29-31(2)13-14/h9-13,16,20,22H,4,7-8H2,1-3H3,(H2,27,32)(H,30,33)/t16-,20+,22-/m0/s1. The molecule has 3 aromatic rings. The predicted molar refractivity (Wildman–Crippen MR) is 127 cm³/mol. The highest BCUT2D eigenvalue weighted by Crippen LogP contribution is 2.33. The van der Waals surface area contributed by atoms with Crippen LogP contribution >= 0.6 is 0 Å². The van der Waals surface area contributed by atoms with Crippen LogP contribution in [-0.2, 0) is 11.8 Å². The van der Waals surface area contributed by atoms with Crippen molar-refractivity contribution in [3.63, 3.8) is 0 Å². The lowest BCUT2D eigenvalue weighted by molar-refractivity contribution is -0.123. The number of aromatic nitrogens is 3. The summed E-state index contributed by atoms with van der Waals surface area (Å²) < 4.78 is 27.0. The van der Waals surface area contributed by atoms with Gasteiger partial charge in [-0.15, -0.1) is 0 Å². The van der Waals surface area contributed by atoms with E-state index >= 15 is 0 Å². The van der Waals surface area contributed by atoms with Crippen molar-refractivity contribution in [2.24, 2.45) is 18.7 Å². The molecule has 0 unspecified atom stereocenters. The molecule has 0 saturated carbocycles. The molecule has 0 bridgehead atoms. The van der Waals surface area contributed by atoms with E-state index in [-0.39, 0.29) is 29.9 Å². The van der Waals surface area contributed by atoms with E-state index < -0.39 is 18.0 Å². The molecule has 1 fully saturated rings. The second-order valence-corrected chi connectivity index (χ2v) is 8.32. The van der Waals surface area contributed by atoms with E-state index in [1.807, 2.05) is 6.92 Å². The van der Waals surface area contributed by atoms with Gasteiger partial charge in [0, 0.05) is 48.6 Å². The summed E-state index contributed by atoms with van der Waals surface area (Å²) in [4.78, 5) is 28.2. The molecule has 3 heterocycles. The van der Waals surface area contributed by atoms with Crippen LogP contribution < -0.4 is 20.5 Å². The van der Waals surface area contributed by atoms with Crippen molar-refractivity contribution in [2.45, 2.75) is 32.0 Å². The van der Waals surface area contributed by atoms with Crippen LogP contribution in [0, 0.1) is 17.8 Å². The summed E-state index contributed by atoms with van der Waals surface area (Å²) in [5.41, 5.74) is 7.05. The number of methoxy groups -OCH3 is 1. The number of hydrogen-bond acceptors (Lipinski definition) is 6. The molecule has 1 aliphatic rings. The van der Waals surface area contributed by atoms with Crippen molar-refractivity contribution in [3.8, 4) is 23.5 Å². The van der Waals surface area contributed by atoms with E-state index in [9.17, 15) is 14.0 Å². The van der Waals surface area contributed by atoms with Crippen LogP contribution in [0.4, 0.5) is 4.39 Å². The number of fused-ring (bicyclic) bond motifs is 1. The summed E-state index contributed by atoms with van der Waals surface area (Å²) in [6.07, 6.45) is 4.45. The van der Waals surface area contributed by atoms with Crippen LogP contribution in [0.3, 0.4) is 0 Å². The Morgan fingerprint density at radius 3 is 2.74 bits per heavy atom. The second kappa shape index (κ2) is 10.0. The van der Waals surface area contributed by atoms with Crippen LogP contribution in [0.5, 0.6) is 11.6 Å². The van der Waals surface area contributed by atoms with Gasteiger partial charge < -0.3 is 20.5 Å².